The molecule has 0 unspecified atom stereocenters. The predicted octanol–water partition coefficient (Wildman–Crippen LogP) is 3.69. The van der Waals surface area contributed by atoms with E-state index >= 15 is 0 Å². The number of benzene rings is 2. The standard InChI is InChI=1S/C17H17ClN2O/c18-16-9-14(6-7-15(16)17(19)20)21-10-11-4-5-12-2-1-3-13(12)8-11/h4-9H,1-3,10H2,(H3,19,20). The average Bonchev–Trinajstić information content (AvgIpc) is 2.92. The summed E-state index contributed by atoms with van der Waals surface area (Å²) < 4.78 is 5.77. The molecule has 0 aliphatic heterocycles. The maximum atomic E-state index is 7.41. The fourth-order valence-electron chi connectivity index (χ4n) is 2.69. The van der Waals surface area contributed by atoms with Gasteiger partial charge >= 0.3 is 0 Å². The number of nitrogen functional groups attached to an aromatic ring is 1. The van der Waals surface area contributed by atoms with E-state index in [2.05, 4.69) is 18.2 Å². The molecule has 1 aliphatic carbocycles. The molecule has 0 saturated heterocycles. The molecule has 0 atom stereocenters. The maximum absolute atomic E-state index is 7.41. The van der Waals surface area contributed by atoms with Crippen LogP contribution < -0.4 is 10.5 Å². The highest BCUT2D eigenvalue weighted by Crippen LogP contribution is 2.25. The van der Waals surface area contributed by atoms with Crippen molar-refractivity contribution in [2.75, 3.05) is 0 Å². The Labute approximate surface area is 129 Å². The van der Waals surface area contributed by atoms with Crippen molar-refractivity contribution in [2.24, 2.45) is 5.73 Å². The van der Waals surface area contributed by atoms with Crippen LogP contribution in [0.2, 0.25) is 5.02 Å². The monoisotopic (exact) mass is 300 g/mol. The van der Waals surface area contributed by atoms with Crippen LogP contribution in [0.5, 0.6) is 5.75 Å². The van der Waals surface area contributed by atoms with Gasteiger partial charge in [0.2, 0.25) is 0 Å². The van der Waals surface area contributed by atoms with Crippen molar-refractivity contribution >= 4 is 17.4 Å². The Morgan fingerprint density at radius 3 is 2.71 bits per heavy atom. The summed E-state index contributed by atoms with van der Waals surface area (Å²) in [4.78, 5) is 0. The number of hydrogen-bond acceptors (Lipinski definition) is 2. The zero-order valence-electron chi connectivity index (χ0n) is 11.7. The third-order valence-electron chi connectivity index (χ3n) is 3.80. The van der Waals surface area contributed by atoms with Gasteiger partial charge in [-0.2, -0.15) is 0 Å². The second kappa shape index (κ2) is 5.78. The molecule has 21 heavy (non-hydrogen) atoms. The molecular formula is C17H17ClN2O. The van der Waals surface area contributed by atoms with Gasteiger partial charge in [0, 0.05) is 5.56 Å². The lowest BCUT2D eigenvalue weighted by Gasteiger charge is -2.10. The molecule has 3 nitrogen and oxygen atoms in total. The average molecular weight is 301 g/mol. The third-order valence-corrected chi connectivity index (χ3v) is 4.11. The van der Waals surface area contributed by atoms with Crippen LogP contribution >= 0.6 is 11.6 Å². The van der Waals surface area contributed by atoms with Crippen molar-refractivity contribution in [3.05, 3.63) is 63.7 Å². The van der Waals surface area contributed by atoms with Crippen LogP contribution in [0, 0.1) is 5.41 Å². The molecule has 3 N–H and O–H groups in total. The zero-order valence-corrected chi connectivity index (χ0v) is 12.4. The smallest absolute Gasteiger partial charge is 0.124 e. The number of aryl methyl sites for hydroxylation is 2. The van der Waals surface area contributed by atoms with Crippen LogP contribution in [0.1, 0.15) is 28.7 Å². The fourth-order valence-corrected chi connectivity index (χ4v) is 2.96. The Hall–Kier alpha value is -2.00. The van der Waals surface area contributed by atoms with E-state index in [0.29, 0.717) is 22.9 Å². The Morgan fingerprint density at radius 1 is 1.14 bits per heavy atom. The number of hydrogen-bond donors (Lipinski definition) is 2. The van der Waals surface area contributed by atoms with Crippen LogP contribution in [0.25, 0.3) is 0 Å². The Morgan fingerprint density at radius 2 is 1.95 bits per heavy atom. The van der Waals surface area contributed by atoms with Gasteiger partial charge in [-0.25, -0.2) is 0 Å². The van der Waals surface area contributed by atoms with Gasteiger partial charge in [-0.1, -0.05) is 29.8 Å². The molecule has 108 valence electrons. The normalized spacial score (nSPS) is 13.0. The highest BCUT2D eigenvalue weighted by atomic mass is 35.5. The first-order valence-electron chi connectivity index (χ1n) is 7.01. The van der Waals surface area contributed by atoms with Gasteiger partial charge < -0.3 is 10.5 Å². The Balaban J connectivity index is 1.70. The maximum Gasteiger partial charge on any atom is 0.124 e. The largest absolute Gasteiger partial charge is 0.489 e. The molecule has 2 aromatic rings. The summed E-state index contributed by atoms with van der Waals surface area (Å²) in [6.45, 7) is 0.517. The van der Waals surface area contributed by atoms with Crippen molar-refractivity contribution in [3.8, 4) is 5.75 Å². The second-order valence-electron chi connectivity index (χ2n) is 5.30. The van der Waals surface area contributed by atoms with Crippen molar-refractivity contribution < 1.29 is 4.74 Å². The van der Waals surface area contributed by atoms with E-state index in [1.807, 2.05) is 0 Å². The first-order chi connectivity index (χ1) is 10.1. The molecule has 0 spiro atoms. The van der Waals surface area contributed by atoms with Gasteiger partial charge in [0.25, 0.3) is 0 Å². The van der Waals surface area contributed by atoms with Crippen LogP contribution in [-0.4, -0.2) is 5.84 Å². The number of rotatable bonds is 4. The van der Waals surface area contributed by atoms with E-state index in [1.54, 1.807) is 18.2 Å². The summed E-state index contributed by atoms with van der Waals surface area (Å²) in [6.07, 6.45) is 3.61. The number of fused-ring (bicyclic) bond motifs is 1. The number of nitrogens with two attached hydrogens (primary N) is 1. The van der Waals surface area contributed by atoms with E-state index in [0.717, 1.165) is 0 Å². The Kier molecular flexibility index (Phi) is 3.84. The number of ether oxygens (including phenoxy) is 1. The summed E-state index contributed by atoms with van der Waals surface area (Å²) in [5, 5.41) is 7.85. The van der Waals surface area contributed by atoms with Crippen LogP contribution in [0.4, 0.5) is 0 Å². The van der Waals surface area contributed by atoms with Gasteiger partial charge in [-0.3, -0.25) is 5.41 Å². The first kappa shape index (κ1) is 14.0. The summed E-state index contributed by atoms with van der Waals surface area (Å²) in [7, 11) is 0. The van der Waals surface area contributed by atoms with E-state index in [-0.39, 0.29) is 5.84 Å². The minimum atomic E-state index is -0.0369. The molecule has 0 amide bonds. The van der Waals surface area contributed by atoms with Crippen molar-refractivity contribution in [1.82, 2.24) is 0 Å². The van der Waals surface area contributed by atoms with Gasteiger partial charge in [0.1, 0.15) is 18.2 Å². The molecule has 0 fully saturated rings. The van der Waals surface area contributed by atoms with Crippen molar-refractivity contribution in [3.63, 3.8) is 0 Å². The molecule has 0 saturated carbocycles. The summed E-state index contributed by atoms with van der Waals surface area (Å²) >= 11 is 6.08. The highest BCUT2D eigenvalue weighted by molar-refractivity contribution is 6.34. The lowest BCUT2D eigenvalue weighted by Crippen LogP contribution is -2.11. The second-order valence-corrected chi connectivity index (χ2v) is 5.71. The molecule has 4 heteroatoms. The van der Waals surface area contributed by atoms with E-state index in [1.165, 1.54) is 36.0 Å². The van der Waals surface area contributed by atoms with Crippen LogP contribution in [-0.2, 0) is 19.4 Å². The summed E-state index contributed by atoms with van der Waals surface area (Å²) in [6, 6.07) is 11.8. The third kappa shape index (κ3) is 3.03. The summed E-state index contributed by atoms with van der Waals surface area (Å²) in [5.74, 6) is 0.649. The lowest BCUT2D eigenvalue weighted by molar-refractivity contribution is 0.306. The topological polar surface area (TPSA) is 59.1 Å². The van der Waals surface area contributed by atoms with Crippen molar-refractivity contribution in [2.45, 2.75) is 25.9 Å². The SMILES string of the molecule is N=C(N)c1ccc(OCc2ccc3c(c2)CCC3)cc1Cl. The molecule has 1 aliphatic rings. The van der Waals surface area contributed by atoms with Gasteiger partial charge in [0.15, 0.2) is 0 Å². The van der Waals surface area contributed by atoms with E-state index in [9.17, 15) is 0 Å². The molecular weight excluding hydrogens is 284 g/mol. The van der Waals surface area contributed by atoms with Gasteiger partial charge in [-0.05, 0) is 54.2 Å². The zero-order chi connectivity index (χ0) is 14.8. The molecule has 0 aromatic heterocycles. The molecule has 3 rings (SSSR count). The van der Waals surface area contributed by atoms with Gasteiger partial charge in [0.05, 0.1) is 5.02 Å². The molecule has 2 aromatic carbocycles. The van der Waals surface area contributed by atoms with Crippen LogP contribution in [0.15, 0.2) is 36.4 Å². The minimum absolute atomic E-state index is 0.0369. The van der Waals surface area contributed by atoms with E-state index in [4.69, 9.17) is 27.5 Å². The molecule has 0 heterocycles. The predicted molar refractivity (Wildman–Crippen MR) is 85.3 cm³/mol. The first-order valence-corrected chi connectivity index (χ1v) is 7.39. The Bertz CT molecular complexity index is 697. The minimum Gasteiger partial charge on any atom is -0.489 e. The molecule has 0 radical (unpaired) electrons. The quantitative estimate of drug-likeness (QED) is 0.668. The fraction of sp³-hybridized carbons (Fsp3) is 0.235. The number of nitrogens with one attached hydrogen (secondary N) is 1. The van der Waals surface area contributed by atoms with Crippen molar-refractivity contribution in [1.29, 1.82) is 5.41 Å². The number of halogens is 1. The van der Waals surface area contributed by atoms with Gasteiger partial charge in [-0.15, -0.1) is 0 Å². The van der Waals surface area contributed by atoms with Crippen LogP contribution in [0.3, 0.4) is 0 Å². The van der Waals surface area contributed by atoms with E-state index < -0.39 is 0 Å². The number of amidine groups is 1. The lowest BCUT2D eigenvalue weighted by atomic mass is 10.1. The molecule has 0 bridgehead atoms. The highest BCUT2D eigenvalue weighted by Gasteiger charge is 2.11. The summed E-state index contributed by atoms with van der Waals surface area (Å²) in [5.41, 5.74) is 10.0.